The van der Waals surface area contributed by atoms with Gasteiger partial charge in [-0.2, -0.15) is 5.10 Å². The Bertz CT molecular complexity index is 976. The fraction of sp³-hybridized carbons (Fsp3) is 0.462. The van der Waals surface area contributed by atoms with Gasteiger partial charge in [0.1, 0.15) is 5.75 Å². The van der Waals surface area contributed by atoms with Crippen molar-refractivity contribution in [2.24, 2.45) is 11.0 Å². The lowest BCUT2D eigenvalue weighted by Crippen LogP contribution is -2.41. The summed E-state index contributed by atoms with van der Waals surface area (Å²) in [6.07, 6.45) is 3.00. The van der Waals surface area contributed by atoms with Crippen molar-refractivity contribution in [2.45, 2.75) is 46.1 Å². The molecule has 2 aromatic carbocycles. The van der Waals surface area contributed by atoms with Crippen molar-refractivity contribution in [2.75, 3.05) is 26.7 Å². The van der Waals surface area contributed by atoms with Crippen LogP contribution >= 0.6 is 0 Å². The van der Waals surface area contributed by atoms with E-state index in [1.54, 1.807) is 12.1 Å². The minimum atomic E-state index is -0.0870. The molecule has 5 heteroatoms. The number of nitrogens with zero attached hydrogens (tertiary/aromatic N) is 3. The molecule has 1 amide bonds. The quantitative estimate of drug-likeness (QED) is 0.704. The van der Waals surface area contributed by atoms with Gasteiger partial charge in [-0.1, -0.05) is 42.8 Å². The number of benzene rings is 2. The number of methoxy groups -OCH3 is 1. The molecule has 0 aromatic heterocycles. The van der Waals surface area contributed by atoms with Crippen LogP contribution in [-0.2, 0) is 4.79 Å². The molecule has 0 spiro atoms. The van der Waals surface area contributed by atoms with Gasteiger partial charge in [0.2, 0.25) is 0 Å². The van der Waals surface area contributed by atoms with Crippen molar-refractivity contribution in [1.29, 1.82) is 0 Å². The highest BCUT2D eigenvalue weighted by molar-refractivity contribution is 6.05. The Balaban J connectivity index is 1.65. The lowest BCUT2D eigenvalue weighted by atomic mass is 9.93. The summed E-state index contributed by atoms with van der Waals surface area (Å²) in [6.45, 7) is 8.90. The zero-order chi connectivity index (χ0) is 22.0. The van der Waals surface area contributed by atoms with Crippen molar-refractivity contribution in [3.8, 4) is 5.75 Å². The second-order valence-corrected chi connectivity index (χ2v) is 9.02. The third kappa shape index (κ3) is 4.67. The number of likely N-dealkylation sites (tertiary alicyclic amines) is 1. The topological polar surface area (TPSA) is 45.1 Å². The standard InChI is InChI=1S/C26H33N3O2/c1-18-11-13-28(14-12-18)17-26(30)29-24(22-15-19(2)9-10-20(22)3)16-23(27-29)21-7-5-6-8-25(21)31-4/h5-10,15,18,24H,11-14,16-17H2,1-4H3/t24-/m1/s1. The molecule has 2 heterocycles. The number of hydrazone groups is 1. The van der Waals surface area contributed by atoms with E-state index < -0.39 is 0 Å². The number of carbonyl (C=O) groups is 1. The highest BCUT2D eigenvalue weighted by Crippen LogP contribution is 2.36. The summed E-state index contributed by atoms with van der Waals surface area (Å²) in [5, 5.41) is 6.61. The Morgan fingerprint density at radius 3 is 2.61 bits per heavy atom. The zero-order valence-corrected chi connectivity index (χ0v) is 19.1. The van der Waals surface area contributed by atoms with Gasteiger partial charge >= 0.3 is 0 Å². The summed E-state index contributed by atoms with van der Waals surface area (Å²) in [5.41, 5.74) is 5.43. The van der Waals surface area contributed by atoms with E-state index in [0.717, 1.165) is 48.9 Å². The minimum absolute atomic E-state index is 0.0744. The molecule has 2 aromatic rings. The summed E-state index contributed by atoms with van der Waals surface area (Å²) < 4.78 is 5.58. The Morgan fingerprint density at radius 2 is 1.87 bits per heavy atom. The average Bonchev–Trinajstić information content (AvgIpc) is 3.22. The second-order valence-electron chi connectivity index (χ2n) is 9.02. The molecule has 0 unspecified atom stereocenters. The van der Waals surface area contributed by atoms with Crippen LogP contribution in [-0.4, -0.2) is 48.3 Å². The molecule has 0 N–H and O–H groups in total. The predicted octanol–water partition coefficient (Wildman–Crippen LogP) is 4.72. The lowest BCUT2D eigenvalue weighted by Gasteiger charge is -2.31. The van der Waals surface area contributed by atoms with Crippen LogP contribution in [0.1, 0.15) is 54.5 Å². The van der Waals surface area contributed by atoms with Gasteiger partial charge in [-0.15, -0.1) is 0 Å². The first-order valence-corrected chi connectivity index (χ1v) is 11.3. The van der Waals surface area contributed by atoms with Crippen LogP contribution < -0.4 is 4.74 Å². The number of rotatable bonds is 5. The first-order chi connectivity index (χ1) is 15.0. The monoisotopic (exact) mass is 419 g/mol. The Labute approximate surface area is 185 Å². The van der Waals surface area contributed by atoms with Crippen molar-refractivity contribution in [3.63, 3.8) is 0 Å². The molecule has 164 valence electrons. The van der Waals surface area contributed by atoms with Crippen molar-refractivity contribution < 1.29 is 9.53 Å². The lowest BCUT2D eigenvalue weighted by molar-refractivity contribution is -0.134. The van der Waals surface area contributed by atoms with E-state index in [9.17, 15) is 4.79 Å². The van der Waals surface area contributed by atoms with E-state index in [1.165, 1.54) is 16.7 Å². The average molecular weight is 420 g/mol. The van der Waals surface area contributed by atoms with Gasteiger partial charge in [-0.05, 0) is 69.0 Å². The number of amides is 1. The molecular formula is C26H33N3O2. The number of carbonyl (C=O) groups excluding carboxylic acids is 1. The SMILES string of the molecule is COc1ccccc1C1=NN(C(=O)CN2CCC(C)CC2)[C@@H](c2cc(C)ccc2C)C1. The normalized spacial score (nSPS) is 20.1. The summed E-state index contributed by atoms with van der Waals surface area (Å²) in [7, 11) is 1.68. The molecule has 31 heavy (non-hydrogen) atoms. The molecule has 4 rings (SSSR count). The van der Waals surface area contributed by atoms with Crippen LogP contribution in [0.3, 0.4) is 0 Å². The first kappa shape index (κ1) is 21.6. The third-order valence-corrected chi connectivity index (χ3v) is 6.61. The molecule has 1 saturated heterocycles. The summed E-state index contributed by atoms with van der Waals surface area (Å²) in [4.78, 5) is 15.7. The van der Waals surface area contributed by atoms with Gasteiger partial charge in [0.25, 0.3) is 5.91 Å². The fourth-order valence-electron chi connectivity index (χ4n) is 4.63. The Hall–Kier alpha value is -2.66. The maximum atomic E-state index is 13.5. The van der Waals surface area contributed by atoms with Crippen molar-refractivity contribution >= 4 is 11.6 Å². The van der Waals surface area contributed by atoms with Gasteiger partial charge in [-0.3, -0.25) is 9.69 Å². The maximum Gasteiger partial charge on any atom is 0.257 e. The number of piperidine rings is 1. The number of hydrogen-bond acceptors (Lipinski definition) is 4. The van der Waals surface area contributed by atoms with Crippen LogP contribution in [0.15, 0.2) is 47.6 Å². The summed E-state index contributed by atoms with van der Waals surface area (Å²) >= 11 is 0. The van der Waals surface area contributed by atoms with Crippen molar-refractivity contribution in [1.82, 2.24) is 9.91 Å². The summed E-state index contributed by atoms with van der Waals surface area (Å²) in [5.74, 6) is 1.61. The molecule has 5 nitrogen and oxygen atoms in total. The van der Waals surface area contributed by atoms with E-state index in [4.69, 9.17) is 9.84 Å². The molecular weight excluding hydrogens is 386 g/mol. The van der Waals surface area contributed by atoms with Crippen LogP contribution in [0.2, 0.25) is 0 Å². The Kier molecular flexibility index (Phi) is 6.42. The van der Waals surface area contributed by atoms with Crippen LogP contribution in [0.4, 0.5) is 0 Å². The Morgan fingerprint density at radius 1 is 1.13 bits per heavy atom. The maximum absolute atomic E-state index is 13.5. The summed E-state index contributed by atoms with van der Waals surface area (Å²) in [6, 6.07) is 14.3. The van der Waals surface area contributed by atoms with Crippen LogP contribution in [0.5, 0.6) is 5.75 Å². The van der Waals surface area contributed by atoms with Gasteiger partial charge in [0, 0.05) is 12.0 Å². The highest BCUT2D eigenvalue weighted by atomic mass is 16.5. The fourth-order valence-corrected chi connectivity index (χ4v) is 4.63. The first-order valence-electron chi connectivity index (χ1n) is 11.3. The number of ether oxygens (including phenoxy) is 1. The number of aryl methyl sites for hydroxylation is 2. The van der Waals surface area contributed by atoms with Crippen LogP contribution in [0, 0.1) is 19.8 Å². The zero-order valence-electron chi connectivity index (χ0n) is 19.1. The van der Waals surface area contributed by atoms with E-state index >= 15 is 0 Å². The minimum Gasteiger partial charge on any atom is -0.496 e. The predicted molar refractivity (Wildman–Crippen MR) is 124 cm³/mol. The van der Waals surface area contributed by atoms with E-state index in [1.807, 2.05) is 24.3 Å². The molecule has 0 bridgehead atoms. The molecule has 1 atom stereocenters. The molecule has 2 aliphatic rings. The number of hydrogen-bond donors (Lipinski definition) is 0. The molecule has 0 aliphatic carbocycles. The highest BCUT2D eigenvalue weighted by Gasteiger charge is 2.35. The van der Waals surface area contributed by atoms with E-state index in [2.05, 4.69) is 43.9 Å². The van der Waals surface area contributed by atoms with E-state index in [0.29, 0.717) is 13.0 Å². The molecule has 2 aliphatic heterocycles. The van der Waals surface area contributed by atoms with Gasteiger partial charge in [0.15, 0.2) is 0 Å². The molecule has 0 radical (unpaired) electrons. The van der Waals surface area contributed by atoms with Gasteiger partial charge in [-0.25, -0.2) is 5.01 Å². The van der Waals surface area contributed by atoms with E-state index in [-0.39, 0.29) is 11.9 Å². The van der Waals surface area contributed by atoms with Crippen molar-refractivity contribution in [3.05, 3.63) is 64.7 Å². The molecule has 1 fully saturated rings. The molecule has 0 saturated carbocycles. The third-order valence-electron chi connectivity index (χ3n) is 6.61. The second kappa shape index (κ2) is 9.23. The largest absolute Gasteiger partial charge is 0.496 e. The van der Waals surface area contributed by atoms with Crippen LogP contribution in [0.25, 0.3) is 0 Å². The van der Waals surface area contributed by atoms with Gasteiger partial charge < -0.3 is 4.74 Å². The van der Waals surface area contributed by atoms with Gasteiger partial charge in [0.05, 0.1) is 25.4 Å². The number of para-hydroxylation sites is 1. The smallest absolute Gasteiger partial charge is 0.257 e.